The SMILES string of the molecule is Cc1ccc(N)cc1SCCCOc1ccc(Cl)cc1. The van der Waals surface area contributed by atoms with E-state index in [2.05, 4.69) is 13.0 Å². The van der Waals surface area contributed by atoms with Crippen molar-refractivity contribution >= 4 is 29.1 Å². The molecule has 2 N–H and O–H groups in total. The van der Waals surface area contributed by atoms with E-state index in [1.54, 1.807) is 0 Å². The van der Waals surface area contributed by atoms with Crippen molar-refractivity contribution in [2.24, 2.45) is 0 Å². The van der Waals surface area contributed by atoms with E-state index < -0.39 is 0 Å². The molecule has 0 radical (unpaired) electrons. The highest BCUT2D eigenvalue weighted by Crippen LogP contribution is 2.25. The van der Waals surface area contributed by atoms with Crippen LogP contribution in [0.3, 0.4) is 0 Å². The summed E-state index contributed by atoms with van der Waals surface area (Å²) in [5.74, 6) is 1.87. The van der Waals surface area contributed by atoms with Crippen LogP contribution in [0.15, 0.2) is 47.4 Å². The van der Waals surface area contributed by atoms with Crippen molar-refractivity contribution in [1.29, 1.82) is 0 Å². The fraction of sp³-hybridized carbons (Fsp3) is 0.250. The Hall–Kier alpha value is -1.32. The van der Waals surface area contributed by atoms with E-state index in [0.717, 1.165) is 28.6 Å². The Morgan fingerprint density at radius 3 is 2.65 bits per heavy atom. The van der Waals surface area contributed by atoms with Crippen LogP contribution in [0, 0.1) is 6.92 Å². The second-order valence-corrected chi connectivity index (χ2v) is 6.10. The Morgan fingerprint density at radius 1 is 1.15 bits per heavy atom. The average Bonchev–Trinajstić information content (AvgIpc) is 2.44. The zero-order valence-electron chi connectivity index (χ0n) is 11.4. The van der Waals surface area contributed by atoms with E-state index in [1.165, 1.54) is 10.5 Å². The van der Waals surface area contributed by atoms with Crippen molar-refractivity contribution in [2.75, 3.05) is 18.1 Å². The zero-order chi connectivity index (χ0) is 14.4. The molecule has 0 unspecified atom stereocenters. The smallest absolute Gasteiger partial charge is 0.119 e. The van der Waals surface area contributed by atoms with Crippen molar-refractivity contribution in [2.45, 2.75) is 18.2 Å². The number of hydrogen-bond donors (Lipinski definition) is 1. The summed E-state index contributed by atoms with van der Waals surface area (Å²) in [4.78, 5) is 1.25. The summed E-state index contributed by atoms with van der Waals surface area (Å²) in [6.07, 6.45) is 0.988. The Kier molecular flexibility index (Phi) is 5.62. The Morgan fingerprint density at radius 2 is 1.90 bits per heavy atom. The minimum atomic E-state index is 0.704. The highest BCUT2D eigenvalue weighted by atomic mass is 35.5. The molecule has 0 saturated heterocycles. The number of anilines is 1. The topological polar surface area (TPSA) is 35.2 Å². The predicted octanol–water partition coefficient (Wildman–Crippen LogP) is 4.79. The van der Waals surface area contributed by atoms with Gasteiger partial charge in [-0.2, -0.15) is 0 Å². The summed E-state index contributed by atoms with van der Waals surface area (Å²) >= 11 is 7.64. The van der Waals surface area contributed by atoms with Crippen LogP contribution in [0.1, 0.15) is 12.0 Å². The van der Waals surface area contributed by atoms with Crippen LogP contribution in [0.2, 0.25) is 5.02 Å². The van der Waals surface area contributed by atoms with Crippen LogP contribution in [-0.4, -0.2) is 12.4 Å². The van der Waals surface area contributed by atoms with Gasteiger partial charge in [0.1, 0.15) is 5.75 Å². The number of thioether (sulfide) groups is 1. The number of aryl methyl sites for hydroxylation is 1. The third-order valence-corrected chi connectivity index (χ3v) is 4.34. The van der Waals surface area contributed by atoms with Gasteiger partial charge in [-0.3, -0.25) is 0 Å². The van der Waals surface area contributed by atoms with Gasteiger partial charge in [0.05, 0.1) is 6.61 Å². The van der Waals surface area contributed by atoms with Gasteiger partial charge < -0.3 is 10.5 Å². The van der Waals surface area contributed by atoms with E-state index in [1.807, 2.05) is 48.2 Å². The highest BCUT2D eigenvalue weighted by molar-refractivity contribution is 7.99. The van der Waals surface area contributed by atoms with Gasteiger partial charge >= 0.3 is 0 Å². The number of benzene rings is 2. The molecule has 0 atom stereocenters. The molecule has 0 bridgehead atoms. The molecule has 20 heavy (non-hydrogen) atoms. The van der Waals surface area contributed by atoms with Gasteiger partial charge in [0.15, 0.2) is 0 Å². The van der Waals surface area contributed by atoms with Crippen LogP contribution >= 0.6 is 23.4 Å². The van der Waals surface area contributed by atoms with Crippen molar-refractivity contribution in [1.82, 2.24) is 0 Å². The van der Waals surface area contributed by atoms with Crippen molar-refractivity contribution in [3.8, 4) is 5.75 Å². The first-order chi connectivity index (χ1) is 9.65. The van der Waals surface area contributed by atoms with Crippen LogP contribution in [-0.2, 0) is 0 Å². The first-order valence-electron chi connectivity index (χ1n) is 6.52. The molecule has 0 heterocycles. The average molecular weight is 308 g/mol. The van der Waals surface area contributed by atoms with E-state index in [4.69, 9.17) is 22.1 Å². The first kappa shape index (κ1) is 15.1. The van der Waals surface area contributed by atoms with Gasteiger partial charge in [0.2, 0.25) is 0 Å². The van der Waals surface area contributed by atoms with Crippen LogP contribution in [0.4, 0.5) is 5.69 Å². The van der Waals surface area contributed by atoms with Crippen LogP contribution < -0.4 is 10.5 Å². The second-order valence-electron chi connectivity index (χ2n) is 4.53. The molecule has 106 valence electrons. The number of halogens is 1. The molecular weight excluding hydrogens is 290 g/mol. The predicted molar refractivity (Wildman–Crippen MR) is 87.9 cm³/mol. The standard InChI is InChI=1S/C16H18ClNOS/c1-12-3-6-14(18)11-16(12)20-10-2-9-19-15-7-4-13(17)5-8-15/h3-8,11H,2,9-10,18H2,1H3. The van der Waals surface area contributed by atoms with Crippen molar-refractivity contribution in [3.63, 3.8) is 0 Å². The van der Waals surface area contributed by atoms with Crippen molar-refractivity contribution in [3.05, 3.63) is 53.1 Å². The van der Waals surface area contributed by atoms with Gasteiger partial charge in [0, 0.05) is 21.4 Å². The lowest BCUT2D eigenvalue weighted by Gasteiger charge is -2.08. The number of nitrogens with two attached hydrogens (primary N) is 1. The van der Waals surface area contributed by atoms with Crippen molar-refractivity contribution < 1.29 is 4.74 Å². The molecule has 2 aromatic carbocycles. The normalized spacial score (nSPS) is 10.5. The maximum absolute atomic E-state index is 5.82. The molecule has 2 nitrogen and oxygen atoms in total. The largest absolute Gasteiger partial charge is 0.494 e. The fourth-order valence-corrected chi connectivity index (χ4v) is 2.86. The molecular formula is C16H18ClNOS. The van der Waals surface area contributed by atoms with Gasteiger partial charge in [-0.1, -0.05) is 17.7 Å². The highest BCUT2D eigenvalue weighted by Gasteiger charge is 2.00. The Labute approximate surface area is 129 Å². The lowest BCUT2D eigenvalue weighted by molar-refractivity contribution is 0.319. The lowest BCUT2D eigenvalue weighted by Crippen LogP contribution is -1.98. The summed E-state index contributed by atoms with van der Waals surface area (Å²) in [5, 5.41) is 0.727. The maximum atomic E-state index is 5.82. The molecule has 2 aromatic rings. The molecule has 0 fully saturated rings. The fourth-order valence-electron chi connectivity index (χ4n) is 1.73. The minimum absolute atomic E-state index is 0.704. The molecule has 2 rings (SSSR count). The molecule has 4 heteroatoms. The molecule has 0 aliphatic rings. The maximum Gasteiger partial charge on any atom is 0.119 e. The van der Waals surface area contributed by atoms with E-state index in [9.17, 15) is 0 Å². The summed E-state index contributed by atoms with van der Waals surface area (Å²) in [7, 11) is 0. The van der Waals surface area contributed by atoms with Gasteiger partial charge in [0.25, 0.3) is 0 Å². The van der Waals surface area contributed by atoms with E-state index in [-0.39, 0.29) is 0 Å². The minimum Gasteiger partial charge on any atom is -0.494 e. The summed E-state index contributed by atoms with van der Waals surface area (Å²) < 4.78 is 5.66. The van der Waals surface area contributed by atoms with Gasteiger partial charge in [-0.15, -0.1) is 11.8 Å². The van der Waals surface area contributed by atoms with Crippen LogP contribution in [0.25, 0.3) is 0 Å². The zero-order valence-corrected chi connectivity index (χ0v) is 13.0. The number of rotatable bonds is 6. The third kappa shape index (κ3) is 4.66. The molecule has 0 saturated carbocycles. The quantitative estimate of drug-likeness (QED) is 0.473. The monoisotopic (exact) mass is 307 g/mol. The number of nitrogen functional groups attached to an aromatic ring is 1. The third-order valence-electron chi connectivity index (χ3n) is 2.84. The van der Waals surface area contributed by atoms with Gasteiger partial charge in [-0.05, 0) is 55.3 Å². The number of ether oxygens (including phenoxy) is 1. The molecule has 0 aliphatic heterocycles. The molecule has 0 aliphatic carbocycles. The van der Waals surface area contributed by atoms with Gasteiger partial charge in [-0.25, -0.2) is 0 Å². The Balaban J connectivity index is 1.71. The molecule has 0 aromatic heterocycles. The summed E-state index contributed by atoms with van der Waals surface area (Å²) in [6.45, 7) is 2.81. The molecule has 0 spiro atoms. The number of hydrogen-bond acceptors (Lipinski definition) is 3. The Bertz CT molecular complexity index is 557. The summed E-state index contributed by atoms with van der Waals surface area (Å²) in [6, 6.07) is 13.5. The summed E-state index contributed by atoms with van der Waals surface area (Å²) in [5.41, 5.74) is 7.88. The molecule has 0 amide bonds. The first-order valence-corrected chi connectivity index (χ1v) is 7.89. The second kappa shape index (κ2) is 7.46. The van der Waals surface area contributed by atoms with E-state index >= 15 is 0 Å². The lowest BCUT2D eigenvalue weighted by atomic mass is 10.2. The van der Waals surface area contributed by atoms with E-state index in [0.29, 0.717) is 6.61 Å². The van der Waals surface area contributed by atoms with Crippen LogP contribution in [0.5, 0.6) is 5.75 Å².